The zero-order valence-corrected chi connectivity index (χ0v) is 17.0. The van der Waals surface area contributed by atoms with Gasteiger partial charge in [0.05, 0.1) is 4.90 Å². The molecule has 3 aromatic rings. The molecular formula is C21H21N4O4S+. The summed E-state index contributed by atoms with van der Waals surface area (Å²) in [5.41, 5.74) is 1.55. The van der Waals surface area contributed by atoms with Crippen molar-refractivity contribution in [3.05, 3.63) is 90.3 Å². The highest BCUT2D eigenvalue weighted by Crippen LogP contribution is 2.15. The van der Waals surface area contributed by atoms with Gasteiger partial charge in [-0.1, -0.05) is 35.9 Å². The molecule has 0 spiro atoms. The van der Waals surface area contributed by atoms with Crippen molar-refractivity contribution in [2.75, 3.05) is 5.32 Å². The SMILES string of the molecule is Cc1ccc(S(=O)(=O)N(N)C(=O)c2ccc[n+](CC(=O)Nc3ccccc3)c2)cc1. The van der Waals surface area contributed by atoms with Gasteiger partial charge in [-0.2, -0.15) is 17.4 Å². The molecule has 0 aliphatic rings. The molecule has 0 aliphatic heterocycles. The van der Waals surface area contributed by atoms with Gasteiger partial charge in [-0.3, -0.25) is 9.59 Å². The third kappa shape index (κ3) is 4.88. The molecule has 0 aliphatic carbocycles. The van der Waals surface area contributed by atoms with E-state index >= 15 is 0 Å². The number of aryl methyl sites for hydroxylation is 1. The Kier molecular flexibility index (Phi) is 6.24. The standard InChI is InChI=1S/C21H20N4O4S/c1-16-9-11-19(12-10-16)30(28,29)25(22)21(27)17-6-5-13-24(14-17)15-20(26)23-18-7-3-2-4-8-18/h2-14H,15,22H2,1H3/p+1. The van der Waals surface area contributed by atoms with E-state index < -0.39 is 15.9 Å². The number of pyridine rings is 1. The van der Waals surface area contributed by atoms with Crippen molar-refractivity contribution in [2.24, 2.45) is 5.84 Å². The zero-order chi connectivity index (χ0) is 21.7. The molecule has 30 heavy (non-hydrogen) atoms. The van der Waals surface area contributed by atoms with Crippen LogP contribution in [-0.4, -0.2) is 24.6 Å². The van der Waals surface area contributed by atoms with Crippen molar-refractivity contribution in [3.8, 4) is 0 Å². The van der Waals surface area contributed by atoms with E-state index in [4.69, 9.17) is 5.84 Å². The number of anilines is 1. The Bertz CT molecular complexity index is 1160. The van der Waals surface area contributed by atoms with Crippen molar-refractivity contribution in [1.29, 1.82) is 0 Å². The predicted molar refractivity (Wildman–Crippen MR) is 110 cm³/mol. The van der Waals surface area contributed by atoms with E-state index in [1.165, 1.54) is 35.0 Å². The number of hydrogen-bond acceptors (Lipinski definition) is 5. The largest absolute Gasteiger partial charge is 0.321 e. The molecule has 3 N–H and O–H groups in total. The molecule has 2 aromatic carbocycles. The highest BCUT2D eigenvalue weighted by atomic mass is 32.2. The lowest BCUT2D eigenvalue weighted by Crippen LogP contribution is -2.45. The first-order valence-electron chi connectivity index (χ1n) is 9.02. The number of hydrogen-bond donors (Lipinski definition) is 2. The van der Waals surface area contributed by atoms with Gasteiger partial charge in [-0.15, -0.1) is 0 Å². The van der Waals surface area contributed by atoms with Crippen LogP contribution in [0.25, 0.3) is 0 Å². The lowest BCUT2D eigenvalue weighted by molar-refractivity contribution is -0.684. The number of nitrogens with two attached hydrogens (primary N) is 1. The van der Waals surface area contributed by atoms with Gasteiger partial charge in [-0.25, -0.2) is 5.84 Å². The molecule has 0 atom stereocenters. The molecule has 3 rings (SSSR count). The lowest BCUT2D eigenvalue weighted by atomic mass is 10.2. The van der Waals surface area contributed by atoms with E-state index in [2.05, 4.69) is 5.32 Å². The molecule has 0 unspecified atom stereocenters. The van der Waals surface area contributed by atoms with Crippen LogP contribution in [0.15, 0.2) is 84.0 Å². The Morgan fingerprint density at radius 1 is 1.00 bits per heavy atom. The van der Waals surface area contributed by atoms with Gasteiger partial charge in [0.25, 0.3) is 21.8 Å². The van der Waals surface area contributed by atoms with Crippen molar-refractivity contribution < 1.29 is 22.6 Å². The summed E-state index contributed by atoms with van der Waals surface area (Å²) in [4.78, 5) is 24.8. The summed E-state index contributed by atoms with van der Waals surface area (Å²) < 4.78 is 26.9. The fraction of sp³-hybridized carbons (Fsp3) is 0.0952. The number of rotatable bonds is 6. The molecule has 1 heterocycles. The number of sulfonamides is 1. The van der Waals surface area contributed by atoms with Crippen LogP contribution in [0.2, 0.25) is 0 Å². The average molecular weight is 425 g/mol. The van der Waals surface area contributed by atoms with Gasteiger partial charge in [0.15, 0.2) is 12.4 Å². The number of para-hydroxylation sites is 1. The van der Waals surface area contributed by atoms with Crippen molar-refractivity contribution >= 4 is 27.5 Å². The van der Waals surface area contributed by atoms with E-state index in [-0.39, 0.29) is 27.3 Å². The number of hydrazine groups is 1. The van der Waals surface area contributed by atoms with Crippen LogP contribution in [-0.2, 0) is 21.4 Å². The number of carbonyl (C=O) groups is 2. The minimum atomic E-state index is -4.21. The third-order valence-electron chi connectivity index (χ3n) is 4.27. The minimum absolute atomic E-state index is 0.0307. The highest BCUT2D eigenvalue weighted by molar-refractivity contribution is 7.89. The zero-order valence-electron chi connectivity index (χ0n) is 16.2. The predicted octanol–water partition coefficient (Wildman–Crippen LogP) is 1.63. The second-order valence-corrected chi connectivity index (χ2v) is 8.41. The van der Waals surface area contributed by atoms with Crippen LogP contribution in [0.3, 0.4) is 0 Å². The summed E-state index contributed by atoms with van der Waals surface area (Å²) in [5.74, 6) is 4.45. The van der Waals surface area contributed by atoms with Gasteiger partial charge in [0, 0.05) is 11.8 Å². The van der Waals surface area contributed by atoms with Crippen LogP contribution in [0.4, 0.5) is 5.69 Å². The Labute approximate surface area is 174 Å². The van der Waals surface area contributed by atoms with Gasteiger partial charge < -0.3 is 5.32 Å². The number of nitrogens with zero attached hydrogens (tertiary/aromatic N) is 2. The molecule has 0 radical (unpaired) electrons. The number of nitrogens with one attached hydrogen (secondary N) is 1. The maximum atomic E-state index is 12.7. The first-order chi connectivity index (χ1) is 14.3. The summed E-state index contributed by atoms with van der Waals surface area (Å²) >= 11 is 0. The average Bonchev–Trinajstić information content (AvgIpc) is 2.73. The quantitative estimate of drug-likeness (QED) is 0.270. The molecule has 9 heteroatoms. The summed E-state index contributed by atoms with van der Waals surface area (Å²) in [6.45, 7) is 1.75. The monoisotopic (exact) mass is 425 g/mol. The van der Waals surface area contributed by atoms with Crippen LogP contribution in [0, 0.1) is 6.92 Å². The molecule has 8 nitrogen and oxygen atoms in total. The molecule has 0 saturated heterocycles. The third-order valence-corrected chi connectivity index (χ3v) is 5.82. The van der Waals surface area contributed by atoms with E-state index in [1.54, 1.807) is 42.6 Å². The summed E-state index contributed by atoms with van der Waals surface area (Å²) in [6.07, 6.45) is 2.97. The molecule has 154 valence electrons. The summed E-state index contributed by atoms with van der Waals surface area (Å²) in [6, 6.07) is 17.9. The number of carbonyl (C=O) groups excluding carboxylic acids is 2. The number of amides is 2. The van der Waals surface area contributed by atoms with Gasteiger partial charge in [-0.05, 0) is 37.3 Å². The van der Waals surface area contributed by atoms with E-state index in [9.17, 15) is 18.0 Å². The van der Waals surface area contributed by atoms with E-state index in [0.717, 1.165) is 5.56 Å². The Hall–Kier alpha value is -3.56. The molecule has 1 aromatic heterocycles. The highest BCUT2D eigenvalue weighted by Gasteiger charge is 2.29. The van der Waals surface area contributed by atoms with Crippen LogP contribution in [0.5, 0.6) is 0 Å². The molecular weight excluding hydrogens is 404 g/mol. The summed E-state index contributed by atoms with van der Waals surface area (Å²) in [5, 5.41) is 2.74. The molecule has 0 bridgehead atoms. The van der Waals surface area contributed by atoms with Crippen molar-refractivity contribution in [2.45, 2.75) is 18.4 Å². The molecule has 2 amide bonds. The first kappa shape index (κ1) is 21.2. The van der Waals surface area contributed by atoms with Crippen LogP contribution >= 0.6 is 0 Å². The molecule has 0 saturated carbocycles. The fourth-order valence-electron chi connectivity index (χ4n) is 2.69. The van der Waals surface area contributed by atoms with Gasteiger partial charge in [0.2, 0.25) is 6.54 Å². The van der Waals surface area contributed by atoms with Gasteiger partial charge >= 0.3 is 0 Å². The topological polar surface area (TPSA) is 113 Å². The Morgan fingerprint density at radius 2 is 1.67 bits per heavy atom. The van der Waals surface area contributed by atoms with Crippen LogP contribution in [0.1, 0.15) is 15.9 Å². The van der Waals surface area contributed by atoms with E-state index in [1.807, 2.05) is 13.0 Å². The van der Waals surface area contributed by atoms with E-state index in [0.29, 0.717) is 5.69 Å². The Morgan fingerprint density at radius 3 is 2.33 bits per heavy atom. The Balaban J connectivity index is 1.75. The van der Waals surface area contributed by atoms with Crippen molar-refractivity contribution in [3.63, 3.8) is 0 Å². The van der Waals surface area contributed by atoms with Crippen molar-refractivity contribution in [1.82, 2.24) is 4.41 Å². The smallest absolute Gasteiger partial charge is 0.290 e. The second kappa shape index (κ2) is 8.85. The number of benzene rings is 2. The normalized spacial score (nSPS) is 11.0. The second-order valence-electron chi connectivity index (χ2n) is 6.60. The fourth-order valence-corrected chi connectivity index (χ4v) is 3.73. The first-order valence-corrected chi connectivity index (χ1v) is 10.5. The number of aromatic nitrogens is 1. The van der Waals surface area contributed by atoms with Gasteiger partial charge in [0.1, 0.15) is 5.56 Å². The van der Waals surface area contributed by atoms with Crippen LogP contribution < -0.4 is 15.7 Å². The maximum Gasteiger partial charge on any atom is 0.290 e. The lowest BCUT2D eigenvalue weighted by Gasteiger charge is -2.16. The minimum Gasteiger partial charge on any atom is -0.321 e. The summed E-state index contributed by atoms with van der Waals surface area (Å²) in [7, 11) is -4.21. The molecule has 0 fully saturated rings. The maximum absolute atomic E-state index is 12.7.